The SMILES string of the molecule is CN1CCCc2cc(/C=C\C(N)=O)ccc21. The van der Waals surface area contributed by atoms with Crippen LogP contribution in [0.2, 0.25) is 0 Å². The number of benzene rings is 1. The van der Waals surface area contributed by atoms with Gasteiger partial charge in [-0.05, 0) is 42.2 Å². The minimum absolute atomic E-state index is 0.408. The van der Waals surface area contributed by atoms with Gasteiger partial charge in [0.05, 0.1) is 0 Å². The predicted molar refractivity (Wildman–Crippen MR) is 66.3 cm³/mol. The van der Waals surface area contributed by atoms with Crippen molar-refractivity contribution in [2.75, 3.05) is 18.5 Å². The van der Waals surface area contributed by atoms with Crippen LogP contribution < -0.4 is 10.6 Å². The maximum atomic E-state index is 10.6. The average Bonchev–Trinajstić information content (AvgIpc) is 2.26. The van der Waals surface area contributed by atoms with E-state index < -0.39 is 5.91 Å². The standard InChI is InChI=1S/C13H16N2O/c1-15-8-2-3-11-9-10(4-6-12(11)15)5-7-13(14)16/h4-7,9H,2-3,8H2,1H3,(H2,14,16)/b7-5-. The zero-order valence-electron chi connectivity index (χ0n) is 9.44. The Morgan fingerprint density at radius 3 is 3.06 bits per heavy atom. The van der Waals surface area contributed by atoms with Gasteiger partial charge in [0.15, 0.2) is 0 Å². The molecule has 0 bridgehead atoms. The number of carbonyl (C=O) groups excluding carboxylic acids is 1. The molecule has 0 radical (unpaired) electrons. The van der Waals surface area contributed by atoms with Gasteiger partial charge in [0, 0.05) is 25.4 Å². The lowest BCUT2D eigenvalue weighted by Crippen LogP contribution is -2.24. The Labute approximate surface area is 95.6 Å². The van der Waals surface area contributed by atoms with E-state index in [4.69, 9.17) is 5.73 Å². The number of carbonyl (C=O) groups is 1. The fourth-order valence-corrected chi connectivity index (χ4v) is 2.09. The molecule has 0 aromatic heterocycles. The Hall–Kier alpha value is -1.77. The normalized spacial score (nSPS) is 15.2. The van der Waals surface area contributed by atoms with Crippen molar-refractivity contribution in [2.24, 2.45) is 5.73 Å². The summed E-state index contributed by atoms with van der Waals surface area (Å²) in [4.78, 5) is 12.9. The first-order valence-electron chi connectivity index (χ1n) is 5.48. The van der Waals surface area contributed by atoms with E-state index in [0.29, 0.717) is 0 Å². The number of anilines is 1. The first kappa shape index (κ1) is 10.7. The van der Waals surface area contributed by atoms with Gasteiger partial charge >= 0.3 is 0 Å². The molecule has 1 amide bonds. The van der Waals surface area contributed by atoms with Gasteiger partial charge in [-0.1, -0.05) is 6.07 Å². The fraction of sp³-hybridized carbons (Fsp3) is 0.308. The van der Waals surface area contributed by atoms with Crippen molar-refractivity contribution in [3.8, 4) is 0 Å². The number of nitrogens with two attached hydrogens (primary N) is 1. The van der Waals surface area contributed by atoms with Crippen LogP contribution in [-0.2, 0) is 11.2 Å². The fourth-order valence-electron chi connectivity index (χ4n) is 2.09. The molecule has 2 N–H and O–H groups in total. The van der Waals surface area contributed by atoms with Gasteiger partial charge in [-0.2, -0.15) is 0 Å². The van der Waals surface area contributed by atoms with Crippen molar-refractivity contribution >= 4 is 17.7 Å². The Morgan fingerprint density at radius 2 is 2.31 bits per heavy atom. The summed E-state index contributed by atoms with van der Waals surface area (Å²) < 4.78 is 0. The highest BCUT2D eigenvalue weighted by atomic mass is 16.1. The highest BCUT2D eigenvalue weighted by molar-refractivity contribution is 5.90. The molecule has 0 spiro atoms. The lowest BCUT2D eigenvalue weighted by atomic mass is 9.99. The number of hydrogen-bond acceptors (Lipinski definition) is 2. The summed E-state index contributed by atoms with van der Waals surface area (Å²) in [5.74, 6) is -0.408. The zero-order chi connectivity index (χ0) is 11.5. The minimum Gasteiger partial charge on any atom is -0.374 e. The largest absolute Gasteiger partial charge is 0.374 e. The van der Waals surface area contributed by atoms with E-state index >= 15 is 0 Å². The molecule has 84 valence electrons. The van der Waals surface area contributed by atoms with Crippen molar-refractivity contribution in [3.05, 3.63) is 35.4 Å². The van der Waals surface area contributed by atoms with Crippen LogP contribution in [-0.4, -0.2) is 19.5 Å². The third-order valence-electron chi connectivity index (χ3n) is 2.89. The Balaban J connectivity index is 2.28. The van der Waals surface area contributed by atoms with Gasteiger partial charge in [-0.25, -0.2) is 0 Å². The molecule has 0 fully saturated rings. The topological polar surface area (TPSA) is 46.3 Å². The van der Waals surface area contributed by atoms with Crippen LogP contribution >= 0.6 is 0 Å². The molecule has 1 aliphatic heterocycles. The molecule has 16 heavy (non-hydrogen) atoms. The zero-order valence-corrected chi connectivity index (χ0v) is 9.44. The number of amides is 1. The molecule has 3 heteroatoms. The number of fused-ring (bicyclic) bond motifs is 1. The Morgan fingerprint density at radius 1 is 1.50 bits per heavy atom. The molecule has 0 aliphatic carbocycles. The predicted octanol–water partition coefficient (Wildman–Crippen LogP) is 1.57. The second-order valence-corrected chi connectivity index (χ2v) is 4.15. The first-order valence-corrected chi connectivity index (χ1v) is 5.48. The number of aryl methyl sites for hydroxylation is 1. The average molecular weight is 216 g/mol. The summed E-state index contributed by atoms with van der Waals surface area (Å²) in [6.07, 6.45) is 5.45. The van der Waals surface area contributed by atoms with E-state index in [1.807, 2.05) is 6.07 Å². The monoisotopic (exact) mass is 216 g/mol. The van der Waals surface area contributed by atoms with Crippen molar-refractivity contribution in [1.82, 2.24) is 0 Å². The van der Waals surface area contributed by atoms with Crippen molar-refractivity contribution in [3.63, 3.8) is 0 Å². The first-order chi connectivity index (χ1) is 7.66. The summed E-state index contributed by atoms with van der Waals surface area (Å²) in [5.41, 5.74) is 8.74. The van der Waals surface area contributed by atoms with Crippen LogP contribution in [0.4, 0.5) is 5.69 Å². The van der Waals surface area contributed by atoms with E-state index in [0.717, 1.165) is 18.5 Å². The van der Waals surface area contributed by atoms with Crippen molar-refractivity contribution in [1.29, 1.82) is 0 Å². The van der Waals surface area contributed by atoms with Gasteiger partial charge in [0.25, 0.3) is 0 Å². The van der Waals surface area contributed by atoms with E-state index in [1.165, 1.54) is 23.7 Å². The minimum atomic E-state index is -0.408. The van der Waals surface area contributed by atoms with Crippen LogP contribution in [0.25, 0.3) is 6.08 Å². The quantitative estimate of drug-likeness (QED) is 0.763. The summed E-state index contributed by atoms with van der Waals surface area (Å²) in [6.45, 7) is 1.11. The molecule has 0 atom stereocenters. The Bertz CT molecular complexity index is 438. The van der Waals surface area contributed by atoms with Crippen LogP contribution in [0.15, 0.2) is 24.3 Å². The molecule has 0 unspecified atom stereocenters. The van der Waals surface area contributed by atoms with Gasteiger partial charge in [0.1, 0.15) is 0 Å². The van der Waals surface area contributed by atoms with Crippen LogP contribution in [0.3, 0.4) is 0 Å². The summed E-state index contributed by atoms with van der Waals surface area (Å²) >= 11 is 0. The molecule has 1 aliphatic rings. The third-order valence-corrected chi connectivity index (χ3v) is 2.89. The third kappa shape index (κ3) is 2.24. The second kappa shape index (κ2) is 4.39. The van der Waals surface area contributed by atoms with E-state index in [-0.39, 0.29) is 0 Å². The summed E-state index contributed by atoms with van der Waals surface area (Å²) in [5, 5.41) is 0. The molecule has 1 aromatic rings. The van der Waals surface area contributed by atoms with Crippen molar-refractivity contribution < 1.29 is 4.79 Å². The number of primary amides is 1. The highest BCUT2D eigenvalue weighted by Gasteiger charge is 2.12. The summed E-state index contributed by atoms with van der Waals surface area (Å²) in [7, 11) is 2.11. The molecule has 0 saturated heterocycles. The van der Waals surface area contributed by atoms with Gasteiger partial charge < -0.3 is 10.6 Å². The number of nitrogens with zero attached hydrogens (tertiary/aromatic N) is 1. The van der Waals surface area contributed by atoms with Crippen LogP contribution in [0, 0.1) is 0 Å². The van der Waals surface area contributed by atoms with Crippen molar-refractivity contribution in [2.45, 2.75) is 12.8 Å². The second-order valence-electron chi connectivity index (χ2n) is 4.15. The molecular weight excluding hydrogens is 200 g/mol. The van der Waals surface area contributed by atoms with Gasteiger partial charge in [0.2, 0.25) is 5.91 Å². The maximum Gasteiger partial charge on any atom is 0.241 e. The van der Waals surface area contributed by atoms with E-state index in [9.17, 15) is 4.79 Å². The number of hydrogen-bond donors (Lipinski definition) is 1. The smallest absolute Gasteiger partial charge is 0.241 e. The molecular formula is C13H16N2O. The molecule has 1 heterocycles. The lowest BCUT2D eigenvalue weighted by Gasteiger charge is -2.27. The molecule has 1 aromatic carbocycles. The molecule has 2 rings (SSSR count). The van der Waals surface area contributed by atoms with Crippen LogP contribution in [0.5, 0.6) is 0 Å². The summed E-state index contributed by atoms with van der Waals surface area (Å²) in [6, 6.07) is 6.25. The van der Waals surface area contributed by atoms with E-state index in [1.54, 1.807) is 6.08 Å². The lowest BCUT2D eigenvalue weighted by molar-refractivity contribution is -0.113. The van der Waals surface area contributed by atoms with E-state index in [2.05, 4.69) is 24.1 Å². The molecule has 0 saturated carbocycles. The van der Waals surface area contributed by atoms with Gasteiger partial charge in [-0.3, -0.25) is 4.79 Å². The molecule has 3 nitrogen and oxygen atoms in total. The number of rotatable bonds is 2. The van der Waals surface area contributed by atoms with Crippen LogP contribution in [0.1, 0.15) is 17.5 Å². The van der Waals surface area contributed by atoms with Gasteiger partial charge in [-0.15, -0.1) is 0 Å². The highest BCUT2D eigenvalue weighted by Crippen LogP contribution is 2.27. The maximum absolute atomic E-state index is 10.6. The Kier molecular flexibility index (Phi) is 2.95.